The van der Waals surface area contributed by atoms with Crippen LogP contribution in [0.3, 0.4) is 0 Å². The zero-order valence-electron chi connectivity index (χ0n) is 15.3. The van der Waals surface area contributed by atoms with E-state index in [0.29, 0.717) is 47.9 Å². The molecule has 0 saturated carbocycles. The van der Waals surface area contributed by atoms with Crippen molar-refractivity contribution in [3.05, 3.63) is 17.2 Å². The van der Waals surface area contributed by atoms with E-state index in [0.717, 1.165) is 12.4 Å². The van der Waals surface area contributed by atoms with Crippen molar-refractivity contribution in [1.29, 1.82) is 0 Å². The van der Waals surface area contributed by atoms with Crippen LogP contribution >= 0.6 is 0 Å². The Bertz CT molecular complexity index is 942. The highest BCUT2D eigenvalue weighted by Gasteiger charge is 2.28. The van der Waals surface area contributed by atoms with Crippen molar-refractivity contribution < 1.29 is 9.74 Å². The van der Waals surface area contributed by atoms with Gasteiger partial charge in [0, 0.05) is 18.5 Å². The molecular formula is C16H22N8O2. The van der Waals surface area contributed by atoms with Crippen LogP contribution in [0.1, 0.15) is 44.4 Å². The number of hydrogen-bond acceptors (Lipinski definition) is 9. The molecule has 3 aromatic rings. The van der Waals surface area contributed by atoms with Crippen LogP contribution in [0.5, 0.6) is 0 Å². The van der Waals surface area contributed by atoms with Crippen LogP contribution < -0.4 is 4.90 Å². The molecule has 138 valence electrons. The molecule has 10 heteroatoms. The third-order valence-electron chi connectivity index (χ3n) is 4.44. The molecule has 0 radical (unpaired) electrons. The van der Waals surface area contributed by atoms with Crippen LogP contribution in [0.2, 0.25) is 0 Å². The molecule has 0 aliphatic carbocycles. The molecule has 1 saturated heterocycles. The average Bonchev–Trinajstić information content (AvgIpc) is 3.26. The van der Waals surface area contributed by atoms with Gasteiger partial charge >= 0.3 is 0 Å². The van der Waals surface area contributed by atoms with Gasteiger partial charge in [0.15, 0.2) is 11.3 Å². The van der Waals surface area contributed by atoms with Gasteiger partial charge < -0.3 is 10.0 Å². The minimum atomic E-state index is -0.350. The zero-order chi connectivity index (χ0) is 18.5. The van der Waals surface area contributed by atoms with Crippen LogP contribution in [0, 0.1) is 6.92 Å². The minimum Gasteiger partial charge on any atom is -0.391 e. The number of rotatable bonds is 3. The van der Waals surface area contributed by atoms with E-state index < -0.39 is 0 Å². The molecule has 1 unspecified atom stereocenters. The largest absolute Gasteiger partial charge is 0.391 e. The lowest BCUT2D eigenvalue weighted by molar-refractivity contribution is 0.198. The highest BCUT2D eigenvalue weighted by molar-refractivity contribution is 5.82. The SMILES string of the molecule is Cc1nonc1Cn1nc2nc(C(C)(C)C)nc(N3CCC(O)C3)c2n1. The number of β-amino-alcohol motifs (C(OH)–C–C–N with tert-alkyl or cyclic N) is 1. The number of anilines is 1. The van der Waals surface area contributed by atoms with Gasteiger partial charge in [-0.25, -0.2) is 14.6 Å². The molecule has 0 aromatic carbocycles. The molecule has 3 aromatic heterocycles. The van der Waals surface area contributed by atoms with Crippen LogP contribution in [-0.4, -0.2) is 59.6 Å². The lowest BCUT2D eigenvalue weighted by Crippen LogP contribution is -2.25. The van der Waals surface area contributed by atoms with Gasteiger partial charge in [-0.1, -0.05) is 31.1 Å². The predicted molar refractivity (Wildman–Crippen MR) is 92.8 cm³/mol. The summed E-state index contributed by atoms with van der Waals surface area (Å²) in [6.07, 6.45) is 0.367. The van der Waals surface area contributed by atoms with E-state index >= 15 is 0 Å². The van der Waals surface area contributed by atoms with Gasteiger partial charge in [0.1, 0.15) is 23.8 Å². The Hall–Kier alpha value is -2.62. The van der Waals surface area contributed by atoms with Crippen LogP contribution in [-0.2, 0) is 12.0 Å². The number of aliphatic hydroxyl groups is 1. The van der Waals surface area contributed by atoms with E-state index in [4.69, 9.17) is 9.61 Å². The Labute approximate surface area is 150 Å². The fourth-order valence-electron chi connectivity index (χ4n) is 2.93. The highest BCUT2D eigenvalue weighted by Crippen LogP contribution is 2.28. The van der Waals surface area contributed by atoms with Crippen molar-refractivity contribution in [3.63, 3.8) is 0 Å². The van der Waals surface area contributed by atoms with Crippen molar-refractivity contribution in [2.24, 2.45) is 0 Å². The highest BCUT2D eigenvalue weighted by atomic mass is 16.6. The number of fused-ring (bicyclic) bond motifs is 1. The molecule has 1 atom stereocenters. The molecular weight excluding hydrogens is 336 g/mol. The van der Waals surface area contributed by atoms with Gasteiger partial charge in [-0.15, -0.1) is 10.2 Å². The summed E-state index contributed by atoms with van der Waals surface area (Å²) in [4.78, 5) is 13.0. The Kier molecular flexibility index (Phi) is 3.87. The fraction of sp³-hybridized carbons (Fsp3) is 0.625. The van der Waals surface area contributed by atoms with E-state index in [9.17, 15) is 5.11 Å². The second kappa shape index (κ2) is 5.97. The van der Waals surface area contributed by atoms with E-state index in [1.165, 1.54) is 4.80 Å². The van der Waals surface area contributed by atoms with E-state index in [1.807, 2.05) is 11.8 Å². The monoisotopic (exact) mass is 358 g/mol. The average molecular weight is 358 g/mol. The number of aromatic nitrogens is 7. The molecule has 1 aliphatic rings. The molecule has 0 amide bonds. The maximum atomic E-state index is 9.92. The standard InChI is InChI=1S/C16H22N8O2/c1-9-11(22-26-21-9)8-24-19-12-13(20-24)17-15(16(2,3)4)18-14(12)23-6-5-10(25)7-23/h10,25H,5-8H2,1-4H3. The molecule has 10 nitrogen and oxygen atoms in total. The van der Waals surface area contributed by atoms with Crippen LogP contribution in [0.4, 0.5) is 5.82 Å². The first-order valence-electron chi connectivity index (χ1n) is 8.65. The minimum absolute atomic E-state index is 0.225. The van der Waals surface area contributed by atoms with E-state index in [2.05, 4.69) is 46.3 Å². The second-order valence-corrected chi connectivity index (χ2v) is 7.71. The number of nitrogens with zero attached hydrogens (tertiary/aromatic N) is 8. The Morgan fingerprint density at radius 3 is 2.62 bits per heavy atom. The van der Waals surface area contributed by atoms with Crippen LogP contribution in [0.25, 0.3) is 11.2 Å². The molecule has 0 bridgehead atoms. The van der Waals surface area contributed by atoms with Crippen molar-refractivity contribution in [2.45, 2.75) is 52.2 Å². The summed E-state index contributed by atoms with van der Waals surface area (Å²) in [5, 5.41) is 26.7. The maximum absolute atomic E-state index is 9.92. The van der Waals surface area contributed by atoms with Crippen molar-refractivity contribution >= 4 is 17.0 Å². The normalized spacial score (nSPS) is 18.2. The zero-order valence-corrected chi connectivity index (χ0v) is 15.3. The summed E-state index contributed by atoms with van der Waals surface area (Å²) in [6, 6.07) is 0. The fourth-order valence-corrected chi connectivity index (χ4v) is 2.93. The quantitative estimate of drug-likeness (QED) is 0.726. The third kappa shape index (κ3) is 3.00. The Morgan fingerprint density at radius 2 is 2.00 bits per heavy atom. The van der Waals surface area contributed by atoms with E-state index in [-0.39, 0.29) is 11.5 Å². The first kappa shape index (κ1) is 16.8. The summed E-state index contributed by atoms with van der Waals surface area (Å²) in [6.45, 7) is 9.62. The van der Waals surface area contributed by atoms with Crippen molar-refractivity contribution in [3.8, 4) is 0 Å². The summed E-state index contributed by atoms with van der Waals surface area (Å²) in [5.74, 6) is 1.42. The van der Waals surface area contributed by atoms with Gasteiger partial charge in [0.25, 0.3) is 0 Å². The molecule has 4 rings (SSSR count). The van der Waals surface area contributed by atoms with Gasteiger partial charge in [-0.2, -0.15) is 4.80 Å². The Morgan fingerprint density at radius 1 is 1.19 bits per heavy atom. The smallest absolute Gasteiger partial charge is 0.207 e. The first-order valence-corrected chi connectivity index (χ1v) is 8.65. The lowest BCUT2D eigenvalue weighted by Gasteiger charge is -2.21. The van der Waals surface area contributed by atoms with Crippen molar-refractivity contribution in [1.82, 2.24) is 35.3 Å². The second-order valence-electron chi connectivity index (χ2n) is 7.71. The summed E-state index contributed by atoms with van der Waals surface area (Å²) < 4.78 is 4.74. The van der Waals surface area contributed by atoms with Crippen LogP contribution in [0.15, 0.2) is 4.63 Å². The number of hydrogen-bond donors (Lipinski definition) is 1. The number of aryl methyl sites for hydroxylation is 1. The van der Waals surface area contributed by atoms with Gasteiger partial charge in [0.2, 0.25) is 5.65 Å². The van der Waals surface area contributed by atoms with E-state index in [1.54, 1.807) is 0 Å². The Balaban J connectivity index is 1.80. The summed E-state index contributed by atoms with van der Waals surface area (Å²) in [5.41, 5.74) is 2.32. The predicted octanol–water partition coefficient (Wildman–Crippen LogP) is 0.830. The third-order valence-corrected chi connectivity index (χ3v) is 4.44. The number of aliphatic hydroxyl groups excluding tert-OH is 1. The first-order chi connectivity index (χ1) is 12.3. The molecule has 1 aliphatic heterocycles. The van der Waals surface area contributed by atoms with Gasteiger partial charge in [0.05, 0.1) is 6.10 Å². The molecule has 4 heterocycles. The van der Waals surface area contributed by atoms with Crippen molar-refractivity contribution in [2.75, 3.05) is 18.0 Å². The summed E-state index contributed by atoms with van der Waals surface area (Å²) in [7, 11) is 0. The topological polar surface area (TPSA) is 119 Å². The van der Waals surface area contributed by atoms with Gasteiger partial charge in [-0.05, 0) is 13.3 Å². The molecule has 0 spiro atoms. The molecule has 26 heavy (non-hydrogen) atoms. The maximum Gasteiger partial charge on any atom is 0.207 e. The van der Waals surface area contributed by atoms with Gasteiger partial charge in [-0.3, -0.25) is 0 Å². The summed E-state index contributed by atoms with van der Waals surface area (Å²) >= 11 is 0. The lowest BCUT2D eigenvalue weighted by atomic mass is 9.96. The molecule has 1 N–H and O–H groups in total. The molecule has 1 fully saturated rings.